The molecular weight excluding hydrogens is 1050 g/mol. The van der Waals surface area contributed by atoms with Gasteiger partial charge in [-0.1, -0.05) is 69.2 Å². The van der Waals surface area contributed by atoms with E-state index >= 15 is 0 Å². The smallest absolute Gasteiger partial charge is 0.248 e. The van der Waals surface area contributed by atoms with Crippen LogP contribution >= 0.6 is 0 Å². The lowest BCUT2D eigenvalue weighted by Crippen LogP contribution is -2.64. The summed E-state index contributed by atoms with van der Waals surface area (Å²) in [6.07, 6.45) is 1.82. The summed E-state index contributed by atoms with van der Waals surface area (Å²) in [6.45, 7) is 28.0. The van der Waals surface area contributed by atoms with E-state index in [-0.39, 0.29) is 62.6 Å². The van der Waals surface area contributed by atoms with Crippen LogP contribution in [0, 0.1) is 29.6 Å². The zero-order valence-corrected chi connectivity index (χ0v) is 51.1. The van der Waals surface area contributed by atoms with Crippen molar-refractivity contribution >= 4 is 70.9 Å². The van der Waals surface area contributed by atoms with Gasteiger partial charge in [-0.3, -0.25) is 57.5 Å². The summed E-state index contributed by atoms with van der Waals surface area (Å²) < 4.78 is 0. The van der Waals surface area contributed by atoms with E-state index in [4.69, 9.17) is 5.73 Å². The number of hydrogen-bond donors (Lipinski definition) is 11. The maximum atomic E-state index is 14.4. The summed E-state index contributed by atoms with van der Waals surface area (Å²) in [4.78, 5) is 166. The number of nitrogens with two attached hydrogens (primary N) is 1. The van der Waals surface area contributed by atoms with Crippen molar-refractivity contribution < 1.29 is 62.6 Å². The average Bonchev–Trinajstić information content (AvgIpc) is 4.03. The van der Waals surface area contributed by atoms with E-state index < -0.39 is 148 Å². The number of nitrogens with one attached hydrogen (secondary N) is 9. The van der Waals surface area contributed by atoms with Gasteiger partial charge in [0.05, 0.1) is 19.1 Å². The molecule has 25 heteroatoms. The van der Waals surface area contributed by atoms with Crippen LogP contribution in [0.25, 0.3) is 0 Å². The predicted molar refractivity (Wildman–Crippen MR) is 302 cm³/mol. The minimum atomic E-state index is -1.66. The number of likely N-dealkylation sites (tertiary alicyclic amines) is 2. The number of nitrogens with zero attached hydrogens (tertiary/aromatic N) is 2. The Balaban J connectivity index is 2.27. The van der Waals surface area contributed by atoms with E-state index in [2.05, 4.69) is 47.9 Å². The summed E-state index contributed by atoms with van der Waals surface area (Å²) >= 11 is 0. The maximum Gasteiger partial charge on any atom is 0.248 e. The highest BCUT2D eigenvalue weighted by Crippen LogP contribution is 2.25. The number of amides is 12. The Kier molecular flexibility index (Phi) is 26.7. The van der Waals surface area contributed by atoms with Crippen LogP contribution in [-0.4, -0.2) is 170 Å². The summed E-state index contributed by atoms with van der Waals surface area (Å²) in [5.41, 5.74) is 0.735. The van der Waals surface area contributed by atoms with Crippen molar-refractivity contribution in [3.63, 3.8) is 0 Å². The lowest BCUT2D eigenvalue weighted by atomic mass is 9.96. The molecule has 81 heavy (non-hydrogen) atoms. The standard InChI is InChI=1S/C56H98N12O13/c1-29(2)24-35(28-69)58-47(75)39-20-18-22-67(39)52(80)55(14,15)65-46(74)37(26-31(5)6)59-44(72)36(25-30(3)4)60-48(76)40-21-19-23-68(40)53(81)56(16,17)66-50(78)43(33(9)10)63-49(77)42(32(7)8)62-45(73)38(27-41(57)71)61-51(79)54(12,13)64-34(11)70/h29-33,35-40,42-43,69H,18-28H2,1-17H3,(H2,57,71)(H,58,75)(H,59,72)(H,60,76)(H,61,79)(H,62,73)(H,63,77)(H,64,70)(H,65,74)(H,66,78). The number of carbonyl (C=O) groups is 12. The second-order valence-electron chi connectivity index (χ2n) is 25.4. The zero-order chi connectivity index (χ0) is 62.2. The summed E-state index contributed by atoms with van der Waals surface area (Å²) in [6, 6.07) is -8.76. The Bertz CT molecular complexity index is 2280. The molecule has 460 valence electrons. The molecule has 0 aromatic carbocycles. The third-order valence-electron chi connectivity index (χ3n) is 14.2. The topological polar surface area (TPSA) is 366 Å². The van der Waals surface area contributed by atoms with Gasteiger partial charge in [-0.05, 0) is 116 Å². The van der Waals surface area contributed by atoms with Crippen LogP contribution in [0.1, 0.15) is 169 Å². The highest BCUT2D eigenvalue weighted by molar-refractivity contribution is 6.01. The molecule has 2 aliphatic rings. The van der Waals surface area contributed by atoms with Gasteiger partial charge in [0.1, 0.15) is 58.9 Å². The second-order valence-corrected chi connectivity index (χ2v) is 25.4. The Labute approximate surface area is 478 Å². The van der Waals surface area contributed by atoms with E-state index in [9.17, 15) is 62.6 Å². The predicted octanol–water partition coefficient (Wildman–Crippen LogP) is -0.101. The maximum absolute atomic E-state index is 14.4. The fourth-order valence-corrected chi connectivity index (χ4v) is 9.97. The van der Waals surface area contributed by atoms with E-state index in [1.54, 1.807) is 27.7 Å². The molecule has 0 aliphatic carbocycles. The van der Waals surface area contributed by atoms with Crippen molar-refractivity contribution in [2.75, 3.05) is 19.7 Å². The molecule has 2 aliphatic heterocycles. The highest BCUT2D eigenvalue weighted by atomic mass is 16.3. The first-order chi connectivity index (χ1) is 37.3. The van der Waals surface area contributed by atoms with E-state index in [0.717, 1.165) is 0 Å². The number of carbonyl (C=O) groups excluding carboxylic acids is 12. The lowest BCUT2D eigenvalue weighted by molar-refractivity contribution is -0.146. The first kappa shape index (κ1) is 70.7. The van der Waals surface area contributed by atoms with Crippen LogP contribution in [0.2, 0.25) is 0 Å². The molecule has 0 saturated carbocycles. The van der Waals surface area contributed by atoms with Crippen LogP contribution in [0.4, 0.5) is 0 Å². The fraction of sp³-hybridized carbons (Fsp3) is 0.786. The van der Waals surface area contributed by atoms with Gasteiger partial charge in [0.15, 0.2) is 0 Å². The fourth-order valence-electron chi connectivity index (χ4n) is 9.97. The first-order valence-electron chi connectivity index (χ1n) is 28.5. The van der Waals surface area contributed by atoms with Gasteiger partial charge < -0.3 is 68.5 Å². The molecule has 12 N–H and O–H groups in total. The Morgan fingerprint density at radius 1 is 0.494 bits per heavy atom. The first-order valence-corrected chi connectivity index (χ1v) is 28.5. The van der Waals surface area contributed by atoms with Crippen LogP contribution in [0.15, 0.2) is 0 Å². The third-order valence-corrected chi connectivity index (χ3v) is 14.2. The second kappa shape index (κ2) is 30.6. The van der Waals surface area contributed by atoms with Crippen molar-refractivity contribution in [2.45, 2.75) is 234 Å². The highest BCUT2D eigenvalue weighted by Gasteiger charge is 2.46. The summed E-state index contributed by atoms with van der Waals surface area (Å²) in [7, 11) is 0. The van der Waals surface area contributed by atoms with Crippen LogP contribution in [0.5, 0.6) is 0 Å². The molecule has 0 radical (unpaired) electrons. The average molecular weight is 1150 g/mol. The molecule has 2 fully saturated rings. The normalized spacial score (nSPS) is 18.1. The minimum Gasteiger partial charge on any atom is -0.394 e. The largest absolute Gasteiger partial charge is 0.394 e. The minimum absolute atomic E-state index is 0.110. The van der Waals surface area contributed by atoms with Gasteiger partial charge in [0.25, 0.3) is 0 Å². The summed E-state index contributed by atoms with van der Waals surface area (Å²) in [5.74, 6) is -9.42. The monoisotopic (exact) mass is 1150 g/mol. The lowest BCUT2D eigenvalue weighted by Gasteiger charge is -2.36. The van der Waals surface area contributed by atoms with Crippen molar-refractivity contribution in [1.82, 2.24) is 57.7 Å². The molecule has 2 heterocycles. The van der Waals surface area contributed by atoms with Gasteiger partial charge >= 0.3 is 0 Å². The van der Waals surface area contributed by atoms with Crippen molar-refractivity contribution in [3.8, 4) is 0 Å². The molecule has 0 spiro atoms. The Hall–Kier alpha value is -6.40. The molecule has 8 atom stereocenters. The van der Waals surface area contributed by atoms with Gasteiger partial charge in [-0.2, -0.15) is 0 Å². The van der Waals surface area contributed by atoms with Crippen LogP contribution in [0.3, 0.4) is 0 Å². The van der Waals surface area contributed by atoms with Gasteiger partial charge in [-0.15, -0.1) is 0 Å². The number of hydrogen-bond acceptors (Lipinski definition) is 13. The van der Waals surface area contributed by atoms with Crippen LogP contribution < -0.4 is 53.6 Å². The van der Waals surface area contributed by atoms with Gasteiger partial charge in [-0.25, -0.2) is 0 Å². The summed E-state index contributed by atoms with van der Waals surface area (Å²) in [5, 5.41) is 34.0. The molecule has 0 bridgehead atoms. The third kappa shape index (κ3) is 21.5. The molecule has 0 aromatic heterocycles. The Morgan fingerprint density at radius 3 is 1.32 bits per heavy atom. The zero-order valence-electron chi connectivity index (χ0n) is 51.1. The van der Waals surface area contributed by atoms with Crippen molar-refractivity contribution in [2.24, 2.45) is 35.3 Å². The van der Waals surface area contributed by atoms with Gasteiger partial charge in [0, 0.05) is 20.0 Å². The molecule has 0 aromatic rings. The van der Waals surface area contributed by atoms with Crippen molar-refractivity contribution in [1.29, 1.82) is 0 Å². The molecule has 8 unspecified atom stereocenters. The molecule has 25 nitrogen and oxygen atoms in total. The molecule has 12 amide bonds. The van der Waals surface area contributed by atoms with E-state index in [1.807, 2.05) is 41.5 Å². The van der Waals surface area contributed by atoms with Crippen LogP contribution in [-0.2, 0) is 57.5 Å². The number of aliphatic hydroxyl groups excluding tert-OH is 1. The van der Waals surface area contributed by atoms with E-state index in [0.29, 0.717) is 25.7 Å². The van der Waals surface area contributed by atoms with E-state index in [1.165, 1.54) is 58.3 Å². The molecular formula is C56H98N12O13. The molecule has 2 rings (SSSR count). The quantitative estimate of drug-likeness (QED) is 0.0448. The van der Waals surface area contributed by atoms with Gasteiger partial charge in [0.2, 0.25) is 70.9 Å². The van der Waals surface area contributed by atoms with Crippen molar-refractivity contribution in [3.05, 3.63) is 0 Å². The number of aliphatic hydroxyl groups is 1. The number of rotatable bonds is 30. The molecule has 2 saturated heterocycles. The SMILES string of the molecule is CC(=O)NC(C)(C)C(=O)NC(CC(N)=O)C(=O)NC(C(=O)NC(C(=O)NC(C)(C)C(=O)N1CCCC1C(=O)NC(CC(C)C)C(=O)NC(CC(C)C)C(=O)NC(C)(C)C(=O)N1CCCC1C(=O)NC(CO)CC(C)C)C(C)C)C(C)C. The number of primary amides is 1. The Morgan fingerprint density at radius 2 is 0.901 bits per heavy atom.